The first kappa shape index (κ1) is 16.2. The van der Waals surface area contributed by atoms with Gasteiger partial charge < -0.3 is 15.0 Å². The number of hydrogen-bond donors (Lipinski definition) is 2. The second-order valence-corrected chi connectivity index (χ2v) is 6.72. The average Bonchev–Trinajstić information content (AvgIpc) is 3.04. The molecule has 0 atom stereocenters. The molecule has 0 bridgehead atoms. The Morgan fingerprint density at radius 1 is 1.19 bits per heavy atom. The number of amides is 1. The lowest BCUT2D eigenvalue weighted by molar-refractivity contribution is 0.0945. The molecule has 0 saturated carbocycles. The zero-order chi connectivity index (χ0) is 18.5. The van der Waals surface area contributed by atoms with Crippen LogP contribution in [0, 0.1) is 5.82 Å². The molecule has 3 aromatic heterocycles. The monoisotopic (exact) mass is 385 g/mol. The molecule has 4 heterocycles. The molecule has 1 aliphatic heterocycles. The standard InChI is InChI=1S/C18H13ClFN5O2/c19-18-22-6-4-11(25-18)27-17-14(20)12-8(7-23-17)1-2-9-13-10(24-15(9)12)3-5-21-16(13)26/h4,6-7,24H,1-3,5H2,(H,21,26). The molecule has 5 rings (SSSR count). The number of aromatic nitrogens is 4. The van der Waals surface area contributed by atoms with Crippen molar-refractivity contribution in [1.82, 2.24) is 25.3 Å². The zero-order valence-corrected chi connectivity index (χ0v) is 14.7. The largest absolute Gasteiger partial charge is 0.417 e. The fraction of sp³-hybridized carbons (Fsp3) is 0.222. The molecule has 1 aliphatic carbocycles. The van der Waals surface area contributed by atoms with Gasteiger partial charge in [-0.3, -0.25) is 4.79 Å². The van der Waals surface area contributed by atoms with Gasteiger partial charge in [-0.2, -0.15) is 4.98 Å². The summed E-state index contributed by atoms with van der Waals surface area (Å²) in [5, 5.41) is 2.84. The van der Waals surface area contributed by atoms with Crippen molar-refractivity contribution < 1.29 is 13.9 Å². The van der Waals surface area contributed by atoms with Crippen LogP contribution in [0.1, 0.15) is 27.2 Å². The number of carbonyl (C=O) groups is 1. The second kappa shape index (κ2) is 6.02. The molecule has 136 valence electrons. The summed E-state index contributed by atoms with van der Waals surface area (Å²) in [6.45, 7) is 0.569. The van der Waals surface area contributed by atoms with Gasteiger partial charge >= 0.3 is 0 Å². The van der Waals surface area contributed by atoms with Gasteiger partial charge in [0.15, 0.2) is 5.82 Å². The van der Waals surface area contributed by atoms with E-state index in [-0.39, 0.29) is 23.0 Å². The maximum absolute atomic E-state index is 15.3. The number of aryl methyl sites for hydroxylation is 1. The number of rotatable bonds is 2. The Hall–Kier alpha value is -3.00. The minimum Gasteiger partial charge on any atom is -0.417 e. The van der Waals surface area contributed by atoms with E-state index in [4.69, 9.17) is 16.3 Å². The van der Waals surface area contributed by atoms with Crippen LogP contribution < -0.4 is 10.1 Å². The number of carbonyl (C=O) groups excluding carboxylic acids is 1. The highest BCUT2D eigenvalue weighted by atomic mass is 35.5. The maximum atomic E-state index is 15.3. The van der Waals surface area contributed by atoms with Gasteiger partial charge in [0.2, 0.25) is 11.2 Å². The van der Waals surface area contributed by atoms with Gasteiger partial charge in [0.25, 0.3) is 11.8 Å². The van der Waals surface area contributed by atoms with E-state index in [9.17, 15) is 4.79 Å². The minimum atomic E-state index is -0.595. The lowest BCUT2D eigenvalue weighted by Crippen LogP contribution is -2.32. The molecule has 7 nitrogen and oxygen atoms in total. The van der Waals surface area contributed by atoms with Crippen molar-refractivity contribution in [1.29, 1.82) is 0 Å². The van der Waals surface area contributed by atoms with Crippen LogP contribution in [0.2, 0.25) is 5.28 Å². The smallest absolute Gasteiger partial charge is 0.258 e. The summed E-state index contributed by atoms with van der Waals surface area (Å²) in [6.07, 6.45) is 4.96. The fourth-order valence-corrected chi connectivity index (χ4v) is 3.82. The van der Waals surface area contributed by atoms with Crippen molar-refractivity contribution in [2.45, 2.75) is 19.3 Å². The summed E-state index contributed by atoms with van der Waals surface area (Å²) in [5.74, 6) is -0.808. The number of fused-ring (bicyclic) bond motifs is 5. The Balaban J connectivity index is 1.62. The molecule has 27 heavy (non-hydrogen) atoms. The number of halogens is 2. The summed E-state index contributed by atoms with van der Waals surface area (Å²) in [4.78, 5) is 27.3. The number of H-pyrrole nitrogens is 1. The molecule has 2 aliphatic rings. The molecule has 0 fully saturated rings. The van der Waals surface area contributed by atoms with Crippen LogP contribution in [0.25, 0.3) is 11.3 Å². The quantitative estimate of drug-likeness (QED) is 0.662. The van der Waals surface area contributed by atoms with E-state index < -0.39 is 5.82 Å². The molecule has 9 heteroatoms. The highest BCUT2D eigenvalue weighted by Gasteiger charge is 2.32. The van der Waals surface area contributed by atoms with Crippen molar-refractivity contribution in [2.24, 2.45) is 0 Å². The maximum Gasteiger partial charge on any atom is 0.258 e. The van der Waals surface area contributed by atoms with E-state index >= 15 is 4.39 Å². The first-order chi connectivity index (χ1) is 13.1. The van der Waals surface area contributed by atoms with Gasteiger partial charge in [-0.15, -0.1) is 0 Å². The molecule has 0 spiro atoms. The van der Waals surface area contributed by atoms with Crippen LogP contribution in [0.4, 0.5) is 4.39 Å². The molecule has 3 aromatic rings. The number of ether oxygens (including phenoxy) is 1. The number of pyridine rings is 1. The lowest BCUT2D eigenvalue weighted by Gasteiger charge is -2.19. The van der Waals surface area contributed by atoms with Gasteiger partial charge in [0.05, 0.1) is 11.3 Å². The summed E-state index contributed by atoms with van der Waals surface area (Å²) >= 11 is 5.75. The van der Waals surface area contributed by atoms with Crippen LogP contribution in [0.15, 0.2) is 18.5 Å². The van der Waals surface area contributed by atoms with Crippen molar-refractivity contribution in [3.05, 3.63) is 51.9 Å². The van der Waals surface area contributed by atoms with E-state index in [1.54, 1.807) is 6.20 Å². The van der Waals surface area contributed by atoms with Crippen LogP contribution in [-0.4, -0.2) is 32.4 Å². The SMILES string of the molecule is O=C1NCCc2[nH]c3c(c21)CCc1cnc(Oc2ccnc(Cl)n2)c(F)c1-3. The van der Waals surface area contributed by atoms with Crippen LogP contribution >= 0.6 is 11.6 Å². The normalized spacial score (nSPS) is 14.8. The van der Waals surface area contributed by atoms with Crippen molar-refractivity contribution in [2.75, 3.05) is 6.54 Å². The van der Waals surface area contributed by atoms with Crippen molar-refractivity contribution in [3.8, 4) is 23.0 Å². The molecule has 1 amide bonds. The van der Waals surface area contributed by atoms with Gasteiger partial charge in [-0.05, 0) is 35.6 Å². The zero-order valence-electron chi connectivity index (χ0n) is 14.0. The van der Waals surface area contributed by atoms with E-state index in [1.807, 2.05) is 0 Å². The minimum absolute atomic E-state index is 0.00351. The highest BCUT2D eigenvalue weighted by molar-refractivity contribution is 6.28. The van der Waals surface area contributed by atoms with Gasteiger partial charge in [0.1, 0.15) is 0 Å². The Bertz CT molecular complexity index is 1100. The Labute approximate surface area is 158 Å². The Kier molecular flexibility index (Phi) is 3.61. The van der Waals surface area contributed by atoms with Crippen LogP contribution in [0.5, 0.6) is 11.8 Å². The number of nitrogens with zero attached hydrogens (tertiary/aromatic N) is 3. The van der Waals surface area contributed by atoms with Crippen LogP contribution in [-0.2, 0) is 19.3 Å². The predicted molar refractivity (Wildman–Crippen MR) is 94.5 cm³/mol. The first-order valence-electron chi connectivity index (χ1n) is 8.48. The average molecular weight is 386 g/mol. The fourth-order valence-electron chi connectivity index (χ4n) is 3.68. The Morgan fingerprint density at radius 2 is 2.07 bits per heavy atom. The van der Waals surface area contributed by atoms with E-state index in [0.717, 1.165) is 16.8 Å². The Morgan fingerprint density at radius 3 is 2.93 bits per heavy atom. The molecule has 0 saturated heterocycles. The molecule has 2 N–H and O–H groups in total. The summed E-state index contributed by atoms with van der Waals surface area (Å²) < 4.78 is 20.8. The predicted octanol–water partition coefficient (Wildman–Crippen LogP) is 2.84. The van der Waals surface area contributed by atoms with Gasteiger partial charge in [0, 0.05) is 42.7 Å². The highest BCUT2D eigenvalue weighted by Crippen LogP contribution is 2.40. The third-order valence-corrected chi connectivity index (χ3v) is 5.01. The molecular formula is C18H13ClFN5O2. The summed E-state index contributed by atoms with van der Waals surface area (Å²) in [7, 11) is 0. The third-order valence-electron chi connectivity index (χ3n) is 4.83. The lowest BCUT2D eigenvalue weighted by atomic mass is 9.88. The molecule has 0 unspecified atom stereocenters. The molecule has 0 radical (unpaired) electrons. The van der Waals surface area contributed by atoms with Crippen molar-refractivity contribution in [3.63, 3.8) is 0 Å². The topological polar surface area (TPSA) is 92.8 Å². The van der Waals surface area contributed by atoms with E-state index in [1.165, 1.54) is 12.3 Å². The first-order valence-corrected chi connectivity index (χ1v) is 8.85. The number of aromatic amines is 1. The summed E-state index contributed by atoms with van der Waals surface area (Å²) in [6, 6.07) is 1.47. The van der Waals surface area contributed by atoms with Crippen molar-refractivity contribution >= 4 is 17.5 Å². The second-order valence-electron chi connectivity index (χ2n) is 6.38. The van der Waals surface area contributed by atoms with Gasteiger partial charge in [-0.25, -0.2) is 14.4 Å². The summed E-state index contributed by atoms with van der Waals surface area (Å²) in [5.41, 5.74) is 4.12. The molecule has 0 aromatic carbocycles. The van der Waals surface area contributed by atoms with Crippen LogP contribution in [0.3, 0.4) is 0 Å². The third kappa shape index (κ3) is 2.56. The molecular weight excluding hydrogens is 373 g/mol. The van der Waals surface area contributed by atoms with E-state index in [0.29, 0.717) is 42.6 Å². The van der Waals surface area contributed by atoms with Gasteiger partial charge in [-0.1, -0.05) is 0 Å². The van der Waals surface area contributed by atoms with E-state index in [2.05, 4.69) is 25.3 Å². The number of hydrogen-bond acceptors (Lipinski definition) is 5. The number of nitrogens with one attached hydrogen (secondary N) is 2.